The molecule has 118 valence electrons. The lowest BCUT2D eigenvalue weighted by Crippen LogP contribution is -2.36. The van der Waals surface area contributed by atoms with Crippen molar-refractivity contribution in [3.63, 3.8) is 0 Å². The molecule has 0 aliphatic carbocycles. The quantitative estimate of drug-likeness (QED) is 0.819. The van der Waals surface area contributed by atoms with Gasteiger partial charge in [0.2, 0.25) is 0 Å². The molecular formula is C16H19BrN2O2S. The van der Waals surface area contributed by atoms with Gasteiger partial charge in [-0.2, -0.15) is 0 Å². The Morgan fingerprint density at radius 3 is 2.73 bits per heavy atom. The van der Waals surface area contributed by atoms with Crippen LogP contribution >= 0.6 is 27.3 Å². The van der Waals surface area contributed by atoms with Crippen molar-refractivity contribution in [1.82, 2.24) is 10.2 Å². The van der Waals surface area contributed by atoms with Gasteiger partial charge in [-0.05, 0) is 44.1 Å². The zero-order valence-electron chi connectivity index (χ0n) is 12.6. The lowest BCUT2D eigenvalue weighted by molar-refractivity contribution is 0.183. The first-order valence-corrected chi connectivity index (χ1v) is 8.55. The normalized spacial score (nSPS) is 10.5. The molecule has 0 saturated heterocycles. The molecule has 0 bridgehead atoms. The third kappa shape index (κ3) is 4.83. The predicted molar refractivity (Wildman–Crippen MR) is 92.9 cm³/mol. The minimum Gasteiger partial charge on any atom is -0.380 e. The molecule has 2 aromatic rings. The number of methoxy groups -OCH3 is 1. The Hall–Kier alpha value is -1.37. The van der Waals surface area contributed by atoms with E-state index in [1.807, 2.05) is 35.7 Å². The summed E-state index contributed by atoms with van der Waals surface area (Å²) in [6.07, 6.45) is 0. The van der Waals surface area contributed by atoms with Crippen molar-refractivity contribution in [2.75, 3.05) is 14.2 Å². The molecule has 0 aliphatic heterocycles. The van der Waals surface area contributed by atoms with Crippen LogP contribution in [0, 0.1) is 0 Å². The minimum atomic E-state index is -0.0884. The second kappa shape index (κ2) is 8.31. The standard InChI is InChI=1S/C16H19BrN2O2S/c1-19(9-12-7-15(17)22-11-12)16(20)18-8-13-5-3-4-6-14(13)10-21-2/h3-7,11H,8-10H2,1-2H3,(H,18,20). The topological polar surface area (TPSA) is 41.6 Å². The SMILES string of the molecule is COCc1ccccc1CNC(=O)N(C)Cc1csc(Br)c1. The van der Waals surface area contributed by atoms with Crippen LogP contribution in [0.1, 0.15) is 16.7 Å². The van der Waals surface area contributed by atoms with Gasteiger partial charge in [0.1, 0.15) is 0 Å². The molecule has 4 nitrogen and oxygen atoms in total. The number of carbonyl (C=O) groups is 1. The zero-order chi connectivity index (χ0) is 15.9. The van der Waals surface area contributed by atoms with Crippen LogP contribution in [-0.2, 0) is 24.4 Å². The van der Waals surface area contributed by atoms with Crippen molar-refractivity contribution in [3.05, 3.63) is 56.2 Å². The minimum absolute atomic E-state index is 0.0884. The number of benzene rings is 1. The summed E-state index contributed by atoms with van der Waals surface area (Å²) in [4.78, 5) is 13.8. The number of amides is 2. The highest BCUT2D eigenvalue weighted by atomic mass is 79.9. The van der Waals surface area contributed by atoms with Crippen LogP contribution in [0.2, 0.25) is 0 Å². The molecule has 0 spiro atoms. The van der Waals surface area contributed by atoms with E-state index in [2.05, 4.69) is 21.2 Å². The predicted octanol–water partition coefficient (Wildman–Crippen LogP) is 4.00. The Morgan fingerprint density at radius 1 is 1.36 bits per heavy atom. The first kappa shape index (κ1) is 17.0. The number of hydrogen-bond donors (Lipinski definition) is 1. The van der Waals surface area contributed by atoms with Gasteiger partial charge in [0.15, 0.2) is 0 Å². The third-order valence-corrected chi connectivity index (χ3v) is 4.79. The van der Waals surface area contributed by atoms with Crippen LogP contribution < -0.4 is 5.32 Å². The third-order valence-electron chi connectivity index (χ3n) is 3.24. The van der Waals surface area contributed by atoms with Gasteiger partial charge in [0, 0.05) is 27.2 Å². The molecule has 0 radical (unpaired) electrons. The van der Waals surface area contributed by atoms with E-state index in [4.69, 9.17) is 4.74 Å². The fourth-order valence-electron chi connectivity index (χ4n) is 2.11. The molecule has 0 aliphatic rings. The molecule has 0 atom stereocenters. The summed E-state index contributed by atoms with van der Waals surface area (Å²) in [5, 5.41) is 4.99. The monoisotopic (exact) mass is 382 g/mol. The summed E-state index contributed by atoms with van der Waals surface area (Å²) in [6.45, 7) is 1.63. The number of thiophene rings is 1. The van der Waals surface area contributed by atoms with E-state index in [0.29, 0.717) is 19.7 Å². The molecule has 0 fully saturated rings. The summed E-state index contributed by atoms with van der Waals surface area (Å²) < 4.78 is 6.25. The van der Waals surface area contributed by atoms with E-state index in [-0.39, 0.29) is 6.03 Å². The molecule has 0 unspecified atom stereocenters. The summed E-state index contributed by atoms with van der Waals surface area (Å²) in [5.41, 5.74) is 3.29. The number of nitrogens with one attached hydrogen (secondary N) is 1. The van der Waals surface area contributed by atoms with Gasteiger partial charge in [-0.15, -0.1) is 11.3 Å². The average Bonchev–Trinajstić information content (AvgIpc) is 2.91. The Balaban J connectivity index is 1.89. The van der Waals surface area contributed by atoms with Crippen molar-refractivity contribution in [3.8, 4) is 0 Å². The van der Waals surface area contributed by atoms with E-state index >= 15 is 0 Å². The number of carbonyl (C=O) groups excluding carboxylic acids is 1. The Bertz CT molecular complexity index is 630. The van der Waals surface area contributed by atoms with Crippen LogP contribution in [0.3, 0.4) is 0 Å². The number of rotatable bonds is 6. The van der Waals surface area contributed by atoms with Crippen LogP contribution in [-0.4, -0.2) is 25.1 Å². The fourth-order valence-corrected chi connectivity index (χ4v) is 3.31. The van der Waals surface area contributed by atoms with Crippen molar-refractivity contribution < 1.29 is 9.53 Å². The van der Waals surface area contributed by atoms with Gasteiger partial charge in [-0.3, -0.25) is 0 Å². The molecule has 0 saturated carbocycles. The number of halogens is 1. The zero-order valence-corrected chi connectivity index (χ0v) is 15.0. The highest BCUT2D eigenvalue weighted by Gasteiger charge is 2.10. The van der Waals surface area contributed by atoms with Crippen molar-refractivity contribution in [2.45, 2.75) is 19.7 Å². The highest BCUT2D eigenvalue weighted by Crippen LogP contribution is 2.21. The van der Waals surface area contributed by atoms with Crippen molar-refractivity contribution >= 4 is 33.3 Å². The largest absolute Gasteiger partial charge is 0.380 e. The lowest BCUT2D eigenvalue weighted by Gasteiger charge is -2.18. The summed E-state index contributed by atoms with van der Waals surface area (Å²) in [5.74, 6) is 0. The molecule has 6 heteroatoms. The molecule has 1 heterocycles. The smallest absolute Gasteiger partial charge is 0.317 e. The number of hydrogen-bond acceptors (Lipinski definition) is 3. The molecule has 22 heavy (non-hydrogen) atoms. The van der Waals surface area contributed by atoms with Gasteiger partial charge >= 0.3 is 6.03 Å². The van der Waals surface area contributed by atoms with E-state index in [9.17, 15) is 4.79 Å². The van der Waals surface area contributed by atoms with E-state index in [0.717, 1.165) is 20.5 Å². The Kier molecular flexibility index (Phi) is 6.42. The van der Waals surface area contributed by atoms with Gasteiger partial charge in [0.05, 0.1) is 10.4 Å². The fraction of sp³-hybridized carbons (Fsp3) is 0.312. The Morgan fingerprint density at radius 2 is 2.09 bits per heavy atom. The molecular weight excluding hydrogens is 364 g/mol. The van der Waals surface area contributed by atoms with Gasteiger partial charge in [0.25, 0.3) is 0 Å². The first-order valence-electron chi connectivity index (χ1n) is 6.87. The maximum absolute atomic E-state index is 12.2. The Labute approximate surface area is 143 Å². The molecule has 2 amide bonds. The van der Waals surface area contributed by atoms with E-state index < -0.39 is 0 Å². The van der Waals surface area contributed by atoms with Gasteiger partial charge in [-0.1, -0.05) is 24.3 Å². The summed E-state index contributed by atoms with van der Waals surface area (Å²) in [7, 11) is 3.46. The molecule has 1 aromatic heterocycles. The van der Waals surface area contributed by atoms with E-state index in [1.54, 1.807) is 30.4 Å². The van der Waals surface area contributed by atoms with Crippen LogP contribution in [0.15, 0.2) is 39.5 Å². The maximum atomic E-state index is 12.2. The number of urea groups is 1. The van der Waals surface area contributed by atoms with Crippen molar-refractivity contribution in [2.24, 2.45) is 0 Å². The average molecular weight is 383 g/mol. The second-order valence-electron chi connectivity index (χ2n) is 4.98. The second-order valence-corrected chi connectivity index (χ2v) is 7.27. The number of nitrogens with zero attached hydrogens (tertiary/aromatic N) is 1. The summed E-state index contributed by atoms with van der Waals surface area (Å²) >= 11 is 5.05. The molecule has 1 N–H and O–H groups in total. The molecule has 2 rings (SSSR count). The highest BCUT2D eigenvalue weighted by molar-refractivity contribution is 9.11. The van der Waals surface area contributed by atoms with Crippen molar-refractivity contribution in [1.29, 1.82) is 0 Å². The van der Waals surface area contributed by atoms with E-state index in [1.165, 1.54) is 0 Å². The number of ether oxygens (including phenoxy) is 1. The maximum Gasteiger partial charge on any atom is 0.317 e. The van der Waals surface area contributed by atoms with Crippen LogP contribution in [0.25, 0.3) is 0 Å². The van der Waals surface area contributed by atoms with Gasteiger partial charge < -0.3 is 15.0 Å². The van der Waals surface area contributed by atoms with Gasteiger partial charge in [-0.25, -0.2) is 4.79 Å². The lowest BCUT2D eigenvalue weighted by atomic mass is 10.1. The molecule has 1 aromatic carbocycles. The van der Waals surface area contributed by atoms with Crippen LogP contribution in [0.5, 0.6) is 0 Å². The first-order chi connectivity index (χ1) is 10.6. The van der Waals surface area contributed by atoms with Crippen LogP contribution in [0.4, 0.5) is 4.79 Å². The summed E-state index contributed by atoms with van der Waals surface area (Å²) in [6, 6.07) is 9.90.